The molecule has 0 unspecified atom stereocenters. The Morgan fingerprint density at radius 3 is 2.88 bits per heavy atom. The molecule has 1 aromatic heterocycles. The lowest BCUT2D eigenvalue weighted by Crippen LogP contribution is -2.46. The maximum Gasteiger partial charge on any atom is 0.250 e. The van der Waals surface area contributed by atoms with Crippen molar-refractivity contribution in [1.82, 2.24) is 14.8 Å². The molecule has 126 valence electrons. The van der Waals surface area contributed by atoms with Crippen LogP contribution in [0.2, 0.25) is 0 Å². The van der Waals surface area contributed by atoms with Crippen LogP contribution < -0.4 is 0 Å². The molecular formula is C20H25N3O. The number of amides is 1. The molecule has 2 heterocycles. The molecule has 2 aromatic rings. The summed E-state index contributed by atoms with van der Waals surface area (Å²) in [6.07, 6.45) is 5.44. The summed E-state index contributed by atoms with van der Waals surface area (Å²) >= 11 is 0. The number of hydrogen-bond acceptors (Lipinski definition) is 2. The van der Waals surface area contributed by atoms with Crippen LogP contribution in [0.3, 0.4) is 0 Å². The smallest absolute Gasteiger partial charge is 0.250 e. The molecule has 2 atom stereocenters. The van der Waals surface area contributed by atoms with Crippen LogP contribution in [0.15, 0.2) is 36.0 Å². The Hall–Kier alpha value is -2.07. The van der Waals surface area contributed by atoms with Gasteiger partial charge in [0.1, 0.15) is 0 Å². The van der Waals surface area contributed by atoms with Crippen LogP contribution in [0.4, 0.5) is 0 Å². The first kappa shape index (κ1) is 15.5. The lowest BCUT2D eigenvalue weighted by Gasteiger charge is -2.41. The Bertz CT molecular complexity index is 815. The zero-order valence-corrected chi connectivity index (χ0v) is 14.7. The van der Waals surface area contributed by atoms with Crippen molar-refractivity contribution in [1.29, 1.82) is 0 Å². The van der Waals surface area contributed by atoms with Crippen molar-refractivity contribution in [2.45, 2.75) is 32.2 Å². The Kier molecular flexibility index (Phi) is 3.72. The molecule has 4 heteroatoms. The topological polar surface area (TPSA) is 39.3 Å². The van der Waals surface area contributed by atoms with Crippen molar-refractivity contribution < 1.29 is 4.79 Å². The summed E-state index contributed by atoms with van der Waals surface area (Å²) in [7, 11) is 2.15. The van der Waals surface area contributed by atoms with E-state index in [9.17, 15) is 4.79 Å². The Balaban J connectivity index is 1.79. The molecule has 2 aliphatic rings. The van der Waals surface area contributed by atoms with Crippen LogP contribution in [-0.2, 0) is 11.2 Å². The summed E-state index contributed by atoms with van der Waals surface area (Å²) in [6.45, 7) is 6.37. The van der Waals surface area contributed by atoms with Crippen molar-refractivity contribution in [2.75, 3.05) is 26.7 Å². The highest BCUT2D eigenvalue weighted by Gasteiger charge is 2.37. The molecule has 1 aliphatic heterocycles. The molecule has 1 aromatic carbocycles. The maximum absolute atomic E-state index is 12.8. The second-order valence-corrected chi connectivity index (χ2v) is 6.97. The summed E-state index contributed by atoms with van der Waals surface area (Å²) in [5, 5.41) is 1.36. The molecule has 0 spiro atoms. The normalized spacial score (nSPS) is 23.0. The van der Waals surface area contributed by atoms with E-state index in [1.807, 2.05) is 18.7 Å². The van der Waals surface area contributed by atoms with Gasteiger partial charge in [0.05, 0.1) is 0 Å². The van der Waals surface area contributed by atoms with E-state index >= 15 is 0 Å². The number of aromatic amines is 1. The van der Waals surface area contributed by atoms with Crippen molar-refractivity contribution in [3.63, 3.8) is 0 Å². The largest absolute Gasteiger partial charge is 0.361 e. The molecule has 0 fully saturated rings. The monoisotopic (exact) mass is 323 g/mol. The van der Waals surface area contributed by atoms with Gasteiger partial charge in [0.15, 0.2) is 0 Å². The molecule has 0 saturated heterocycles. The number of hydrogen-bond donors (Lipinski definition) is 1. The van der Waals surface area contributed by atoms with Gasteiger partial charge >= 0.3 is 0 Å². The summed E-state index contributed by atoms with van der Waals surface area (Å²) in [5.74, 6) is 0.489. The first-order valence-corrected chi connectivity index (χ1v) is 8.93. The minimum Gasteiger partial charge on any atom is -0.361 e. The third-order valence-corrected chi connectivity index (χ3v) is 5.71. The number of carbonyl (C=O) groups is 1. The Labute approximate surface area is 143 Å². The van der Waals surface area contributed by atoms with E-state index in [1.54, 1.807) is 0 Å². The average molecular weight is 323 g/mol. The number of nitrogens with zero attached hydrogens (tertiary/aromatic N) is 2. The van der Waals surface area contributed by atoms with Gasteiger partial charge in [-0.2, -0.15) is 0 Å². The van der Waals surface area contributed by atoms with E-state index in [2.05, 4.69) is 47.4 Å². The molecule has 4 nitrogen and oxygen atoms in total. The molecule has 0 radical (unpaired) electrons. The highest BCUT2D eigenvalue weighted by molar-refractivity contribution is 5.95. The molecule has 1 N–H and O–H groups in total. The van der Waals surface area contributed by atoms with E-state index in [0.717, 1.165) is 31.6 Å². The molecule has 0 saturated carbocycles. The third kappa shape index (κ3) is 2.20. The number of rotatable bonds is 3. The van der Waals surface area contributed by atoms with Gasteiger partial charge in [-0.15, -0.1) is 0 Å². The van der Waals surface area contributed by atoms with E-state index in [0.29, 0.717) is 12.0 Å². The lowest BCUT2D eigenvalue weighted by molar-refractivity contribution is -0.127. The summed E-state index contributed by atoms with van der Waals surface area (Å²) < 4.78 is 0. The second-order valence-electron chi connectivity index (χ2n) is 6.97. The fraction of sp³-hybridized carbons (Fsp3) is 0.450. The van der Waals surface area contributed by atoms with Gasteiger partial charge in [-0.1, -0.05) is 18.2 Å². The lowest BCUT2D eigenvalue weighted by atomic mass is 9.76. The van der Waals surface area contributed by atoms with Crippen molar-refractivity contribution in [3.05, 3.63) is 47.2 Å². The minimum atomic E-state index is 0.192. The van der Waals surface area contributed by atoms with Gasteiger partial charge in [-0.25, -0.2) is 0 Å². The number of likely N-dealkylation sites (N-methyl/N-ethyl adjacent to an activating group) is 2. The summed E-state index contributed by atoms with van der Waals surface area (Å²) in [6, 6.07) is 6.92. The number of nitrogens with one attached hydrogen (secondary N) is 1. The molecule has 0 bridgehead atoms. The summed E-state index contributed by atoms with van der Waals surface area (Å²) in [5.41, 5.74) is 4.91. The molecule has 1 aliphatic carbocycles. The summed E-state index contributed by atoms with van der Waals surface area (Å²) in [4.78, 5) is 20.5. The van der Waals surface area contributed by atoms with E-state index in [-0.39, 0.29) is 5.91 Å². The van der Waals surface area contributed by atoms with Gasteiger partial charge in [0.2, 0.25) is 0 Å². The van der Waals surface area contributed by atoms with Crippen LogP contribution in [0.25, 0.3) is 10.9 Å². The van der Waals surface area contributed by atoms with Gasteiger partial charge in [0, 0.05) is 54.3 Å². The van der Waals surface area contributed by atoms with Crippen LogP contribution in [-0.4, -0.2) is 53.4 Å². The minimum absolute atomic E-state index is 0.192. The SMILES string of the molecule is CCN(CC)C(=O)C1=C[C@@H]2c3cccc4[nH]cc(c34)C[C@H]2N(C)C1. The van der Waals surface area contributed by atoms with Crippen LogP contribution in [0.5, 0.6) is 0 Å². The van der Waals surface area contributed by atoms with Crippen LogP contribution in [0, 0.1) is 0 Å². The quantitative estimate of drug-likeness (QED) is 0.943. The van der Waals surface area contributed by atoms with E-state index in [4.69, 9.17) is 0 Å². The predicted octanol–water partition coefficient (Wildman–Crippen LogP) is 2.92. The average Bonchev–Trinajstić information content (AvgIpc) is 3.01. The number of aromatic nitrogens is 1. The highest BCUT2D eigenvalue weighted by Crippen LogP contribution is 2.41. The first-order chi connectivity index (χ1) is 11.6. The zero-order chi connectivity index (χ0) is 16.8. The number of benzene rings is 1. The van der Waals surface area contributed by atoms with Gasteiger partial charge in [-0.3, -0.25) is 9.69 Å². The number of H-pyrrole nitrogens is 1. The van der Waals surface area contributed by atoms with E-state index < -0.39 is 0 Å². The highest BCUT2D eigenvalue weighted by atomic mass is 16.2. The maximum atomic E-state index is 12.8. The Morgan fingerprint density at radius 1 is 1.33 bits per heavy atom. The molecule has 1 amide bonds. The first-order valence-electron chi connectivity index (χ1n) is 8.93. The van der Waals surface area contributed by atoms with Crippen LogP contribution in [0.1, 0.15) is 30.9 Å². The van der Waals surface area contributed by atoms with Gasteiger partial charge in [0.25, 0.3) is 5.91 Å². The second kappa shape index (κ2) is 5.78. The van der Waals surface area contributed by atoms with E-state index in [1.165, 1.54) is 22.0 Å². The molecular weight excluding hydrogens is 298 g/mol. The third-order valence-electron chi connectivity index (χ3n) is 5.71. The fourth-order valence-electron chi connectivity index (χ4n) is 4.42. The molecule has 4 rings (SSSR count). The van der Waals surface area contributed by atoms with Gasteiger partial charge in [-0.05, 0) is 44.5 Å². The van der Waals surface area contributed by atoms with Crippen LogP contribution >= 0.6 is 0 Å². The van der Waals surface area contributed by atoms with Crippen molar-refractivity contribution in [2.24, 2.45) is 0 Å². The standard InChI is InChI=1S/C20H25N3O/c1-4-23(5-2)20(24)14-9-16-15-7-6-8-17-19(15)13(11-21-17)10-18(16)22(3)12-14/h6-9,11,16,18,21H,4-5,10,12H2,1-3H3/t16-,18-/m1/s1. The van der Waals surface area contributed by atoms with Crippen molar-refractivity contribution in [3.8, 4) is 0 Å². The zero-order valence-electron chi connectivity index (χ0n) is 14.7. The molecule has 24 heavy (non-hydrogen) atoms. The number of carbonyl (C=O) groups excluding carboxylic acids is 1. The number of fused-ring (bicyclic) bond motifs is 2. The Morgan fingerprint density at radius 2 is 2.12 bits per heavy atom. The van der Waals surface area contributed by atoms with Crippen molar-refractivity contribution >= 4 is 16.8 Å². The predicted molar refractivity (Wildman–Crippen MR) is 97.2 cm³/mol. The fourth-order valence-corrected chi connectivity index (χ4v) is 4.42. The van der Waals surface area contributed by atoms with Gasteiger partial charge < -0.3 is 9.88 Å².